The van der Waals surface area contributed by atoms with Crippen LogP contribution in [0.4, 0.5) is 17.3 Å². The first kappa shape index (κ1) is 13.9. The minimum atomic E-state index is 0.586. The van der Waals surface area contributed by atoms with Gasteiger partial charge in [0.05, 0.1) is 0 Å². The van der Waals surface area contributed by atoms with Gasteiger partial charge in [-0.25, -0.2) is 4.98 Å². The maximum Gasteiger partial charge on any atom is 0.130 e. The normalized spacial score (nSPS) is 16.9. The molecule has 0 unspecified atom stereocenters. The first-order chi connectivity index (χ1) is 9.04. The standard InChI is InChI=1S/C14H25N5/c1-11(2)10-16-14-9-12(8-13(15)17-14)19-6-4-18(3)5-7-19/h8-9,11H,4-7,10H2,1-3H3,(H3,15,16,17). The molecule has 0 aliphatic carbocycles. The number of hydrogen-bond donors (Lipinski definition) is 2. The Morgan fingerprint density at radius 1 is 1.26 bits per heavy atom. The number of rotatable bonds is 4. The van der Waals surface area contributed by atoms with Gasteiger partial charge >= 0.3 is 0 Å². The third-order valence-electron chi connectivity index (χ3n) is 3.39. The second-order valence-corrected chi connectivity index (χ2v) is 5.70. The largest absolute Gasteiger partial charge is 0.384 e. The molecule has 1 aromatic rings. The van der Waals surface area contributed by atoms with Crippen LogP contribution in [-0.4, -0.2) is 49.7 Å². The number of nitrogens with two attached hydrogens (primary N) is 1. The molecule has 106 valence electrons. The number of aromatic nitrogens is 1. The van der Waals surface area contributed by atoms with Gasteiger partial charge in [0.1, 0.15) is 11.6 Å². The molecular weight excluding hydrogens is 238 g/mol. The van der Waals surface area contributed by atoms with Crippen LogP contribution in [0.3, 0.4) is 0 Å². The molecule has 0 amide bonds. The van der Waals surface area contributed by atoms with E-state index in [0.717, 1.165) is 38.5 Å². The van der Waals surface area contributed by atoms with Gasteiger partial charge in [0, 0.05) is 50.5 Å². The minimum absolute atomic E-state index is 0.586. The monoisotopic (exact) mass is 263 g/mol. The highest BCUT2D eigenvalue weighted by Crippen LogP contribution is 2.22. The van der Waals surface area contributed by atoms with E-state index in [2.05, 4.69) is 47.1 Å². The molecule has 1 fully saturated rings. The number of nitrogen functional groups attached to an aromatic ring is 1. The SMILES string of the molecule is CC(C)CNc1cc(N2CCN(C)CC2)cc(N)n1. The molecular formula is C14H25N5. The zero-order valence-electron chi connectivity index (χ0n) is 12.2. The molecule has 0 aromatic carbocycles. The molecule has 0 radical (unpaired) electrons. The Kier molecular flexibility index (Phi) is 4.47. The van der Waals surface area contributed by atoms with Gasteiger partial charge in [-0.05, 0) is 13.0 Å². The van der Waals surface area contributed by atoms with Crippen LogP contribution in [-0.2, 0) is 0 Å². The van der Waals surface area contributed by atoms with Crippen molar-refractivity contribution >= 4 is 17.3 Å². The molecule has 0 bridgehead atoms. The summed E-state index contributed by atoms with van der Waals surface area (Å²) < 4.78 is 0. The Bertz CT molecular complexity index is 410. The van der Waals surface area contributed by atoms with Gasteiger partial charge in [-0.1, -0.05) is 13.8 Å². The van der Waals surface area contributed by atoms with Crippen LogP contribution in [0.2, 0.25) is 0 Å². The summed E-state index contributed by atoms with van der Waals surface area (Å²) in [6, 6.07) is 4.07. The Hall–Kier alpha value is -1.49. The lowest BCUT2D eigenvalue weighted by Crippen LogP contribution is -2.44. The van der Waals surface area contributed by atoms with Gasteiger partial charge in [-0.15, -0.1) is 0 Å². The highest BCUT2D eigenvalue weighted by atomic mass is 15.2. The van der Waals surface area contributed by atoms with E-state index in [1.807, 2.05) is 6.07 Å². The van der Waals surface area contributed by atoms with Gasteiger partial charge in [0.15, 0.2) is 0 Å². The Labute approximate surface area is 115 Å². The fourth-order valence-corrected chi connectivity index (χ4v) is 2.18. The minimum Gasteiger partial charge on any atom is -0.384 e. The van der Waals surface area contributed by atoms with Gasteiger partial charge in [-0.3, -0.25) is 0 Å². The van der Waals surface area contributed by atoms with Crippen LogP contribution in [0.15, 0.2) is 12.1 Å². The summed E-state index contributed by atoms with van der Waals surface area (Å²) in [6.07, 6.45) is 0. The molecule has 5 heteroatoms. The lowest BCUT2D eigenvalue weighted by molar-refractivity contribution is 0.313. The van der Waals surface area contributed by atoms with Crippen LogP contribution in [0, 0.1) is 5.92 Å². The smallest absolute Gasteiger partial charge is 0.130 e. The van der Waals surface area contributed by atoms with E-state index in [1.165, 1.54) is 5.69 Å². The maximum atomic E-state index is 5.91. The summed E-state index contributed by atoms with van der Waals surface area (Å²) in [5.74, 6) is 2.06. The van der Waals surface area contributed by atoms with E-state index < -0.39 is 0 Å². The summed E-state index contributed by atoms with van der Waals surface area (Å²) in [7, 11) is 2.16. The van der Waals surface area contributed by atoms with Crippen molar-refractivity contribution in [1.82, 2.24) is 9.88 Å². The second kappa shape index (κ2) is 6.10. The predicted octanol–water partition coefficient (Wildman–Crippen LogP) is 1.48. The molecule has 5 nitrogen and oxygen atoms in total. The number of pyridine rings is 1. The van der Waals surface area contributed by atoms with E-state index >= 15 is 0 Å². The third-order valence-corrected chi connectivity index (χ3v) is 3.39. The molecule has 0 atom stereocenters. The van der Waals surface area contributed by atoms with Crippen molar-refractivity contribution in [3.8, 4) is 0 Å². The zero-order valence-corrected chi connectivity index (χ0v) is 12.2. The van der Waals surface area contributed by atoms with Crippen molar-refractivity contribution in [2.24, 2.45) is 5.92 Å². The summed E-state index contributed by atoms with van der Waals surface area (Å²) in [5.41, 5.74) is 7.08. The summed E-state index contributed by atoms with van der Waals surface area (Å²) in [6.45, 7) is 9.56. The molecule has 0 saturated carbocycles. The van der Waals surface area contributed by atoms with Crippen LogP contribution in [0.1, 0.15) is 13.8 Å². The summed E-state index contributed by atoms with van der Waals surface area (Å²) in [4.78, 5) is 9.06. The van der Waals surface area contributed by atoms with Gasteiger partial charge in [0.2, 0.25) is 0 Å². The number of anilines is 3. The number of hydrogen-bond acceptors (Lipinski definition) is 5. The highest BCUT2D eigenvalue weighted by Gasteiger charge is 2.15. The van der Waals surface area contributed by atoms with Crippen molar-refractivity contribution in [2.45, 2.75) is 13.8 Å². The molecule has 1 saturated heterocycles. The number of piperazine rings is 1. The van der Waals surface area contributed by atoms with Crippen molar-refractivity contribution in [1.29, 1.82) is 0 Å². The van der Waals surface area contributed by atoms with Crippen molar-refractivity contribution in [3.63, 3.8) is 0 Å². The van der Waals surface area contributed by atoms with E-state index in [-0.39, 0.29) is 0 Å². The van der Waals surface area contributed by atoms with E-state index in [4.69, 9.17) is 5.73 Å². The topological polar surface area (TPSA) is 57.4 Å². The molecule has 2 heterocycles. The van der Waals surface area contributed by atoms with E-state index in [9.17, 15) is 0 Å². The average molecular weight is 263 g/mol. The number of nitrogens with one attached hydrogen (secondary N) is 1. The Balaban J connectivity index is 2.07. The number of nitrogens with zero attached hydrogens (tertiary/aromatic N) is 3. The highest BCUT2D eigenvalue weighted by molar-refractivity contribution is 5.60. The lowest BCUT2D eigenvalue weighted by Gasteiger charge is -2.34. The Morgan fingerprint density at radius 3 is 2.58 bits per heavy atom. The molecule has 19 heavy (non-hydrogen) atoms. The quantitative estimate of drug-likeness (QED) is 0.862. The summed E-state index contributed by atoms with van der Waals surface area (Å²) in [5, 5.41) is 3.34. The van der Waals surface area contributed by atoms with Crippen molar-refractivity contribution in [2.75, 3.05) is 55.7 Å². The first-order valence-corrected chi connectivity index (χ1v) is 6.99. The van der Waals surface area contributed by atoms with Crippen molar-refractivity contribution in [3.05, 3.63) is 12.1 Å². The van der Waals surface area contributed by atoms with Crippen LogP contribution < -0.4 is 16.0 Å². The molecule has 3 N–H and O–H groups in total. The molecule has 1 aliphatic heterocycles. The Morgan fingerprint density at radius 2 is 1.95 bits per heavy atom. The zero-order chi connectivity index (χ0) is 13.8. The van der Waals surface area contributed by atoms with Gasteiger partial charge in [0.25, 0.3) is 0 Å². The molecule has 2 rings (SSSR count). The fraction of sp³-hybridized carbons (Fsp3) is 0.643. The summed E-state index contributed by atoms with van der Waals surface area (Å²) >= 11 is 0. The molecule has 1 aliphatic rings. The molecule has 1 aromatic heterocycles. The van der Waals surface area contributed by atoms with Crippen LogP contribution >= 0.6 is 0 Å². The van der Waals surface area contributed by atoms with Crippen molar-refractivity contribution < 1.29 is 0 Å². The lowest BCUT2D eigenvalue weighted by atomic mass is 10.2. The second-order valence-electron chi connectivity index (χ2n) is 5.70. The predicted molar refractivity (Wildman–Crippen MR) is 81.7 cm³/mol. The fourth-order valence-electron chi connectivity index (χ4n) is 2.18. The van der Waals surface area contributed by atoms with Gasteiger partial charge < -0.3 is 20.9 Å². The van der Waals surface area contributed by atoms with Gasteiger partial charge in [-0.2, -0.15) is 0 Å². The van der Waals surface area contributed by atoms with Crippen LogP contribution in [0.5, 0.6) is 0 Å². The van der Waals surface area contributed by atoms with Crippen LogP contribution in [0.25, 0.3) is 0 Å². The van der Waals surface area contributed by atoms with E-state index in [1.54, 1.807) is 0 Å². The first-order valence-electron chi connectivity index (χ1n) is 6.99. The molecule has 0 spiro atoms. The third kappa shape index (κ3) is 3.99. The van der Waals surface area contributed by atoms with E-state index in [0.29, 0.717) is 11.7 Å². The maximum absolute atomic E-state index is 5.91. The average Bonchev–Trinajstić information content (AvgIpc) is 2.36. The number of likely N-dealkylation sites (N-methyl/N-ethyl adjacent to an activating group) is 1.